The lowest BCUT2D eigenvalue weighted by Crippen LogP contribution is -2.53. The van der Waals surface area contributed by atoms with Gasteiger partial charge < -0.3 is 5.32 Å². The summed E-state index contributed by atoms with van der Waals surface area (Å²) in [6, 6.07) is 9.43. The molecule has 1 aliphatic heterocycles. The maximum atomic E-state index is 3.95. The second kappa shape index (κ2) is 4.89. The van der Waals surface area contributed by atoms with Gasteiger partial charge in [0.05, 0.1) is 0 Å². The Balaban J connectivity index is 1.93. The number of rotatable bonds is 2. The molecule has 3 rings (SSSR count). The van der Waals surface area contributed by atoms with Crippen LogP contribution < -0.4 is 5.32 Å². The minimum Gasteiger partial charge on any atom is -0.304 e. The van der Waals surface area contributed by atoms with Crippen LogP contribution in [0.15, 0.2) is 36.9 Å². The molecule has 1 heterocycles. The van der Waals surface area contributed by atoms with Crippen molar-refractivity contribution in [1.82, 2.24) is 5.32 Å². The van der Waals surface area contributed by atoms with Crippen LogP contribution >= 0.6 is 0 Å². The summed E-state index contributed by atoms with van der Waals surface area (Å²) in [4.78, 5) is 0. The Labute approximate surface area is 110 Å². The van der Waals surface area contributed by atoms with Crippen molar-refractivity contribution in [2.45, 2.75) is 56.5 Å². The van der Waals surface area contributed by atoms with Gasteiger partial charge in [-0.2, -0.15) is 0 Å². The third-order valence-corrected chi connectivity index (χ3v) is 4.65. The fourth-order valence-corrected chi connectivity index (χ4v) is 3.80. The van der Waals surface area contributed by atoms with Gasteiger partial charge in [-0.15, -0.1) is 6.58 Å². The highest BCUT2D eigenvalue weighted by Crippen LogP contribution is 2.39. The largest absolute Gasteiger partial charge is 0.304 e. The Morgan fingerprint density at radius 3 is 2.78 bits per heavy atom. The first-order chi connectivity index (χ1) is 8.83. The zero-order valence-electron chi connectivity index (χ0n) is 11.1. The summed E-state index contributed by atoms with van der Waals surface area (Å²) < 4.78 is 0. The van der Waals surface area contributed by atoms with Crippen LogP contribution in [0, 0.1) is 0 Å². The summed E-state index contributed by atoms with van der Waals surface area (Å²) in [7, 11) is 0. The molecule has 0 bridgehead atoms. The van der Waals surface area contributed by atoms with Crippen LogP contribution in [0.25, 0.3) is 0 Å². The molecular formula is C17H23N. The van der Waals surface area contributed by atoms with E-state index in [2.05, 4.69) is 42.2 Å². The second-order valence-corrected chi connectivity index (χ2v) is 5.94. The maximum Gasteiger partial charge on any atom is 0.0362 e. The highest BCUT2D eigenvalue weighted by Gasteiger charge is 2.38. The Kier molecular flexibility index (Phi) is 3.25. The van der Waals surface area contributed by atoms with Gasteiger partial charge in [-0.1, -0.05) is 49.6 Å². The third-order valence-electron chi connectivity index (χ3n) is 4.65. The standard InChI is InChI=1S/C17H23N/c1-2-8-16-15-10-5-4-9-14(15)13-17(18-16)11-6-3-7-12-17/h2,4-5,9-10,16,18H,1,3,6-8,11-13H2/t16-/m0/s1. The molecule has 1 nitrogen and oxygen atoms in total. The lowest BCUT2D eigenvalue weighted by atomic mass is 9.72. The molecule has 1 atom stereocenters. The number of nitrogens with one attached hydrogen (secondary N) is 1. The van der Waals surface area contributed by atoms with Gasteiger partial charge in [-0.25, -0.2) is 0 Å². The molecule has 1 aromatic carbocycles. The van der Waals surface area contributed by atoms with Crippen LogP contribution in [0.1, 0.15) is 55.7 Å². The van der Waals surface area contributed by atoms with E-state index < -0.39 is 0 Å². The molecule has 1 saturated carbocycles. The van der Waals surface area contributed by atoms with E-state index >= 15 is 0 Å². The maximum absolute atomic E-state index is 3.95. The monoisotopic (exact) mass is 241 g/mol. The molecule has 1 aromatic rings. The Morgan fingerprint density at radius 1 is 1.22 bits per heavy atom. The second-order valence-electron chi connectivity index (χ2n) is 5.94. The fraction of sp³-hybridized carbons (Fsp3) is 0.529. The molecule has 0 saturated heterocycles. The van der Waals surface area contributed by atoms with Crippen LogP contribution in [-0.4, -0.2) is 5.54 Å². The molecule has 0 amide bonds. The minimum atomic E-state index is 0.375. The first-order valence-electron chi connectivity index (χ1n) is 7.29. The third kappa shape index (κ3) is 2.12. The van der Waals surface area contributed by atoms with Crippen molar-refractivity contribution in [1.29, 1.82) is 0 Å². The van der Waals surface area contributed by atoms with E-state index in [1.54, 1.807) is 5.56 Å². The van der Waals surface area contributed by atoms with Crippen molar-refractivity contribution < 1.29 is 0 Å². The molecule has 0 aromatic heterocycles. The van der Waals surface area contributed by atoms with Crippen molar-refractivity contribution in [2.24, 2.45) is 0 Å². The zero-order valence-corrected chi connectivity index (χ0v) is 11.1. The van der Waals surface area contributed by atoms with Gasteiger partial charge in [0.1, 0.15) is 0 Å². The zero-order chi connectivity index (χ0) is 12.4. The predicted molar refractivity (Wildman–Crippen MR) is 76.7 cm³/mol. The summed E-state index contributed by atoms with van der Waals surface area (Å²) in [5.41, 5.74) is 3.43. The smallest absolute Gasteiger partial charge is 0.0362 e. The quantitative estimate of drug-likeness (QED) is 0.767. The van der Waals surface area contributed by atoms with Gasteiger partial charge in [0, 0.05) is 11.6 Å². The van der Waals surface area contributed by atoms with Crippen molar-refractivity contribution in [3.05, 3.63) is 48.0 Å². The predicted octanol–water partition coefficient (Wildman–Crippen LogP) is 4.15. The van der Waals surface area contributed by atoms with Crippen LogP contribution in [0.2, 0.25) is 0 Å². The van der Waals surface area contributed by atoms with Gasteiger partial charge in [-0.05, 0) is 36.8 Å². The van der Waals surface area contributed by atoms with E-state index in [1.165, 1.54) is 44.1 Å². The number of hydrogen-bond donors (Lipinski definition) is 1. The minimum absolute atomic E-state index is 0.375. The first-order valence-corrected chi connectivity index (χ1v) is 7.29. The molecule has 1 aliphatic carbocycles. The van der Waals surface area contributed by atoms with Crippen molar-refractivity contribution in [3.63, 3.8) is 0 Å². The Hall–Kier alpha value is -1.08. The van der Waals surface area contributed by atoms with E-state index in [0.717, 1.165) is 6.42 Å². The number of benzene rings is 1. The number of hydrogen-bond acceptors (Lipinski definition) is 1. The van der Waals surface area contributed by atoms with E-state index in [0.29, 0.717) is 11.6 Å². The highest BCUT2D eigenvalue weighted by molar-refractivity contribution is 5.35. The molecule has 2 aliphatic rings. The SMILES string of the molecule is C=CC[C@@H]1NC2(CCCCC2)Cc2ccccc21. The van der Waals surface area contributed by atoms with Gasteiger partial charge in [0.15, 0.2) is 0 Å². The average molecular weight is 241 g/mol. The van der Waals surface area contributed by atoms with Gasteiger partial charge >= 0.3 is 0 Å². The van der Waals surface area contributed by atoms with E-state index in [9.17, 15) is 0 Å². The molecule has 1 heteroatoms. The molecule has 1 fully saturated rings. The topological polar surface area (TPSA) is 12.0 Å². The van der Waals surface area contributed by atoms with Crippen LogP contribution in [0.3, 0.4) is 0 Å². The van der Waals surface area contributed by atoms with E-state index in [4.69, 9.17) is 0 Å². The lowest BCUT2D eigenvalue weighted by molar-refractivity contribution is 0.191. The normalized spacial score (nSPS) is 25.7. The van der Waals surface area contributed by atoms with E-state index in [-0.39, 0.29) is 0 Å². The molecule has 0 unspecified atom stereocenters. The Morgan fingerprint density at radius 2 is 2.00 bits per heavy atom. The van der Waals surface area contributed by atoms with Gasteiger partial charge in [-0.3, -0.25) is 0 Å². The van der Waals surface area contributed by atoms with Crippen LogP contribution in [0.4, 0.5) is 0 Å². The lowest BCUT2D eigenvalue weighted by Gasteiger charge is -2.46. The van der Waals surface area contributed by atoms with Gasteiger partial charge in [0.2, 0.25) is 0 Å². The summed E-state index contributed by atoms with van der Waals surface area (Å²) in [6.45, 7) is 3.92. The molecule has 96 valence electrons. The summed E-state index contributed by atoms with van der Waals surface area (Å²) in [5.74, 6) is 0. The molecule has 1 spiro atoms. The summed E-state index contributed by atoms with van der Waals surface area (Å²) in [6.07, 6.45) is 11.2. The molecule has 1 N–H and O–H groups in total. The molecule has 18 heavy (non-hydrogen) atoms. The summed E-state index contributed by atoms with van der Waals surface area (Å²) in [5, 5.41) is 3.95. The van der Waals surface area contributed by atoms with Crippen molar-refractivity contribution >= 4 is 0 Å². The van der Waals surface area contributed by atoms with E-state index in [1.807, 2.05) is 0 Å². The first kappa shape index (κ1) is 12.0. The van der Waals surface area contributed by atoms with Crippen molar-refractivity contribution in [3.8, 4) is 0 Å². The fourth-order valence-electron chi connectivity index (χ4n) is 3.80. The Bertz CT molecular complexity index is 429. The molecular weight excluding hydrogens is 218 g/mol. The van der Waals surface area contributed by atoms with Crippen molar-refractivity contribution in [2.75, 3.05) is 0 Å². The van der Waals surface area contributed by atoms with Crippen LogP contribution in [-0.2, 0) is 6.42 Å². The number of fused-ring (bicyclic) bond motifs is 1. The van der Waals surface area contributed by atoms with Gasteiger partial charge in [0.25, 0.3) is 0 Å². The summed E-state index contributed by atoms with van der Waals surface area (Å²) >= 11 is 0. The van der Waals surface area contributed by atoms with Crippen LogP contribution in [0.5, 0.6) is 0 Å². The molecule has 0 radical (unpaired) electrons. The highest BCUT2D eigenvalue weighted by atomic mass is 15.0. The average Bonchev–Trinajstić information content (AvgIpc) is 2.40.